The van der Waals surface area contributed by atoms with Gasteiger partial charge in [0.1, 0.15) is 22.7 Å². The summed E-state index contributed by atoms with van der Waals surface area (Å²) in [5.41, 5.74) is 1.92. The smallest absolute Gasteiger partial charge is 0.361 e. The van der Waals surface area contributed by atoms with Gasteiger partial charge >= 0.3 is 6.18 Å². The standard InChI is InChI=1S/C22H22F3N7O/c1-11-18(12(2)33-32-11)13-5-6-15-17(8-13)30-31-19(15)20-16(22(23,24)25)10-27-21(29-20)28-14-4-3-7-26-9-14/h5-6,8,10,14,26H,3-4,7,9H2,1-2H3,(H,30,31)(H,27,28,29)/t14-/m0/s1. The molecule has 1 aromatic carbocycles. The Morgan fingerprint density at radius 3 is 2.73 bits per heavy atom. The molecule has 3 N–H and O–H groups in total. The molecule has 33 heavy (non-hydrogen) atoms. The van der Waals surface area contributed by atoms with Crippen LogP contribution < -0.4 is 10.6 Å². The van der Waals surface area contributed by atoms with Gasteiger partial charge in [0.15, 0.2) is 0 Å². The molecular weight excluding hydrogens is 435 g/mol. The highest BCUT2D eigenvalue weighted by molar-refractivity contribution is 5.95. The summed E-state index contributed by atoms with van der Waals surface area (Å²) in [4.78, 5) is 8.18. The number of anilines is 1. The second kappa shape index (κ2) is 8.14. The van der Waals surface area contributed by atoms with Crippen molar-refractivity contribution in [2.24, 2.45) is 0 Å². The van der Waals surface area contributed by atoms with Gasteiger partial charge in [0.2, 0.25) is 5.95 Å². The van der Waals surface area contributed by atoms with Crippen molar-refractivity contribution in [1.29, 1.82) is 0 Å². The number of nitrogens with one attached hydrogen (secondary N) is 3. The van der Waals surface area contributed by atoms with E-state index in [9.17, 15) is 13.2 Å². The van der Waals surface area contributed by atoms with Gasteiger partial charge in [0.25, 0.3) is 0 Å². The maximum atomic E-state index is 13.8. The van der Waals surface area contributed by atoms with E-state index in [0.29, 0.717) is 23.2 Å². The topological polar surface area (TPSA) is 105 Å². The third-order valence-electron chi connectivity index (χ3n) is 5.83. The van der Waals surface area contributed by atoms with Gasteiger partial charge in [-0.3, -0.25) is 5.10 Å². The minimum atomic E-state index is -4.62. The van der Waals surface area contributed by atoms with E-state index in [1.807, 2.05) is 26.0 Å². The van der Waals surface area contributed by atoms with Crippen molar-refractivity contribution >= 4 is 16.9 Å². The van der Waals surface area contributed by atoms with Crippen LogP contribution in [-0.4, -0.2) is 44.5 Å². The van der Waals surface area contributed by atoms with Crippen LogP contribution in [-0.2, 0) is 6.18 Å². The zero-order valence-corrected chi connectivity index (χ0v) is 18.0. The molecule has 1 aliphatic rings. The molecule has 1 saturated heterocycles. The van der Waals surface area contributed by atoms with E-state index in [4.69, 9.17) is 4.52 Å². The quantitative estimate of drug-likeness (QED) is 0.415. The first-order chi connectivity index (χ1) is 15.8. The summed E-state index contributed by atoms with van der Waals surface area (Å²) in [5.74, 6) is 0.810. The number of rotatable bonds is 4. The summed E-state index contributed by atoms with van der Waals surface area (Å²) >= 11 is 0. The van der Waals surface area contributed by atoms with Crippen LogP contribution >= 0.6 is 0 Å². The fourth-order valence-electron chi connectivity index (χ4n) is 4.25. The van der Waals surface area contributed by atoms with Crippen molar-refractivity contribution < 1.29 is 17.7 Å². The van der Waals surface area contributed by atoms with Crippen molar-refractivity contribution in [3.63, 3.8) is 0 Å². The van der Waals surface area contributed by atoms with Gasteiger partial charge in [-0.25, -0.2) is 9.97 Å². The van der Waals surface area contributed by atoms with Gasteiger partial charge in [-0.1, -0.05) is 11.2 Å². The van der Waals surface area contributed by atoms with Gasteiger partial charge in [0.05, 0.1) is 11.2 Å². The lowest BCUT2D eigenvalue weighted by molar-refractivity contribution is -0.137. The van der Waals surface area contributed by atoms with Crippen LogP contribution in [0.3, 0.4) is 0 Å². The van der Waals surface area contributed by atoms with E-state index >= 15 is 0 Å². The molecule has 0 saturated carbocycles. The second-order valence-corrected chi connectivity index (χ2v) is 8.17. The number of alkyl halides is 3. The van der Waals surface area contributed by atoms with E-state index in [1.54, 1.807) is 6.07 Å². The van der Waals surface area contributed by atoms with E-state index < -0.39 is 11.7 Å². The number of nitrogens with zero attached hydrogens (tertiary/aromatic N) is 4. The lowest BCUT2D eigenvalue weighted by Gasteiger charge is -2.24. The first-order valence-electron chi connectivity index (χ1n) is 10.6. The molecule has 4 aromatic rings. The highest BCUT2D eigenvalue weighted by Gasteiger charge is 2.36. The summed E-state index contributed by atoms with van der Waals surface area (Å²) in [6.07, 6.45) is -1.94. The van der Waals surface area contributed by atoms with E-state index in [1.165, 1.54) is 0 Å². The van der Waals surface area contributed by atoms with Gasteiger partial charge in [0, 0.05) is 29.7 Å². The minimum absolute atomic E-state index is 0.0527. The number of H-pyrrole nitrogens is 1. The van der Waals surface area contributed by atoms with Crippen LogP contribution in [0.1, 0.15) is 29.9 Å². The monoisotopic (exact) mass is 457 g/mol. The number of halogens is 3. The van der Waals surface area contributed by atoms with Crippen molar-refractivity contribution in [2.75, 3.05) is 18.4 Å². The van der Waals surface area contributed by atoms with Crippen LogP contribution in [0.2, 0.25) is 0 Å². The zero-order chi connectivity index (χ0) is 23.2. The molecule has 1 fully saturated rings. The Balaban J connectivity index is 1.58. The Morgan fingerprint density at radius 2 is 2.03 bits per heavy atom. The molecule has 0 unspecified atom stereocenters. The number of aromatic amines is 1. The number of benzene rings is 1. The molecule has 5 rings (SSSR count). The van der Waals surface area contributed by atoms with Gasteiger partial charge in [-0.2, -0.15) is 18.3 Å². The molecule has 8 nitrogen and oxygen atoms in total. The van der Waals surface area contributed by atoms with Gasteiger partial charge < -0.3 is 15.2 Å². The van der Waals surface area contributed by atoms with Crippen LogP contribution in [0.4, 0.5) is 19.1 Å². The number of hydrogen-bond acceptors (Lipinski definition) is 7. The number of hydrogen-bond donors (Lipinski definition) is 3. The Hall–Kier alpha value is -3.47. The van der Waals surface area contributed by atoms with E-state index in [-0.39, 0.29) is 23.4 Å². The number of aromatic nitrogens is 5. The molecular formula is C22H22F3N7O. The molecule has 0 bridgehead atoms. The molecule has 0 amide bonds. The zero-order valence-electron chi connectivity index (χ0n) is 18.0. The number of fused-ring (bicyclic) bond motifs is 1. The van der Waals surface area contributed by atoms with Crippen LogP contribution in [0, 0.1) is 13.8 Å². The van der Waals surface area contributed by atoms with Crippen molar-refractivity contribution in [3.05, 3.63) is 41.4 Å². The summed E-state index contributed by atoms with van der Waals surface area (Å²) in [6, 6.07) is 5.42. The maximum absolute atomic E-state index is 13.8. The Bertz CT molecular complexity index is 1290. The van der Waals surface area contributed by atoms with Crippen molar-refractivity contribution in [1.82, 2.24) is 30.6 Å². The second-order valence-electron chi connectivity index (χ2n) is 8.17. The third-order valence-corrected chi connectivity index (χ3v) is 5.83. The molecule has 0 aliphatic carbocycles. The fourth-order valence-corrected chi connectivity index (χ4v) is 4.25. The summed E-state index contributed by atoms with van der Waals surface area (Å²) < 4.78 is 46.6. The van der Waals surface area contributed by atoms with Gasteiger partial charge in [-0.05, 0) is 50.9 Å². The molecule has 1 aliphatic heterocycles. The Morgan fingerprint density at radius 1 is 1.18 bits per heavy atom. The van der Waals surface area contributed by atoms with Crippen molar-refractivity contribution in [2.45, 2.75) is 38.9 Å². The molecule has 1 atom stereocenters. The first-order valence-corrected chi connectivity index (χ1v) is 10.6. The summed E-state index contributed by atoms with van der Waals surface area (Å²) in [6.45, 7) is 5.27. The maximum Gasteiger partial charge on any atom is 0.420 e. The minimum Gasteiger partial charge on any atom is -0.361 e. The predicted octanol–water partition coefficient (Wildman–Crippen LogP) is 4.47. The van der Waals surface area contributed by atoms with Crippen molar-refractivity contribution in [3.8, 4) is 22.5 Å². The molecule has 11 heteroatoms. The number of aryl methyl sites for hydroxylation is 2. The highest BCUT2D eigenvalue weighted by atomic mass is 19.4. The number of piperidine rings is 1. The first kappa shape index (κ1) is 21.4. The van der Waals surface area contributed by atoms with E-state index in [0.717, 1.165) is 42.4 Å². The summed E-state index contributed by atoms with van der Waals surface area (Å²) in [7, 11) is 0. The summed E-state index contributed by atoms with van der Waals surface area (Å²) in [5, 5.41) is 17.9. The van der Waals surface area contributed by atoms with Crippen LogP contribution in [0.25, 0.3) is 33.4 Å². The molecule has 4 heterocycles. The Labute approximate surface area is 187 Å². The normalized spacial score (nSPS) is 16.9. The van der Waals surface area contributed by atoms with Crippen LogP contribution in [0.15, 0.2) is 28.9 Å². The molecule has 3 aromatic heterocycles. The highest BCUT2D eigenvalue weighted by Crippen LogP contribution is 2.38. The fraction of sp³-hybridized carbons (Fsp3) is 0.364. The third kappa shape index (κ3) is 4.04. The lowest BCUT2D eigenvalue weighted by Crippen LogP contribution is -2.38. The molecule has 172 valence electrons. The SMILES string of the molecule is Cc1noc(C)c1-c1ccc2c(-c3nc(N[C@H]4CCCNC4)ncc3C(F)(F)F)n[nH]c2c1. The van der Waals surface area contributed by atoms with Gasteiger partial charge in [-0.15, -0.1) is 0 Å². The van der Waals surface area contributed by atoms with E-state index in [2.05, 4.69) is 36.0 Å². The average molecular weight is 457 g/mol. The average Bonchev–Trinajstić information content (AvgIpc) is 3.35. The Kier molecular flexibility index (Phi) is 5.28. The lowest BCUT2D eigenvalue weighted by atomic mass is 10.0. The predicted molar refractivity (Wildman–Crippen MR) is 117 cm³/mol. The molecule has 0 spiro atoms. The van der Waals surface area contributed by atoms with Crippen LogP contribution in [0.5, 0.6) is 0 Å². The molecule has 0 radical (unpaired) electrons. The largest absolute Gasteiger partial charge is 0.420 e.